The first kappa shape index (κ1) is 15.8. The number of benzene rings is 1. The summed E-state index contributed by atoms with van der Waals surface area (Å²) < 4.78 is 5.68. The van der Waals surface area contributed by atoms with E-state index in [0.29, 0.717) is 35.5 Å². The first-order valence-electron chi connectivity index (χ1n) is 8.96. The second-order valence-electron chi connectivity index (χ2n) is 8.84. The Morgan fingerprint density at radius 3 is 2.54 bits per heavy atom. The van der Waals surface area contributed by atoms with E-state index in [4.69, 9.17) is 4.74 Å². The molecule has 0 saturated heterocycles. The molecule has 4 rings (SSSR count). The smallest absolute Gasteiger partial charge is 0.168 e. The molecule has 2 aliphatic carbocycles. The average Bonchev–Trinajstić information content (AvgIpc) is 2.88. The highest BCUT2D eigenvalue weighted by Gasteiger charge is 2.55. The van der Waals surface area contributed by atoms with Crippen LogP contribution in [0.1, 0.15) is 80.8 Å². The van der Waals surface area contributed by atoms with E-state index in [0.717, 1.165) is 19.3 Å². The largest absolute Gasteiger partial charge is 0.507 e. The van der Waals surface area contributed by atoms with E-state index in [1.54, 1.807) is 0 Å². The molecule has 0 bridgehead atoms. The van der Waals surface area contributed by atoms with Crippen LogP contribution in [-0.4, -0.2) is 22.6 Å². The summed E-state index contributed by atoms with van der Waals surface area (Å²) in [6, 6.07) is 0. The van der Waals surface area contributed by atoms with Crippen molar-refractivity contribution in [3.63, 3.8) is 0 Å². The summed E-state index contributed by atoms with van der Waals surface area (Å²) in [4.78, 5) is 12.9. The van der Waals surface area contributed by atoms with Crippen molar-refractivity contribution in [1.29, 1.82) is 0 Å². The fourth-order valence-electron chi connectivity index (χ4n) is 5.65. The van der Waals surface area contributed by atoms with E-state index in [1.165, 1.54) is 0 Å². The zero-order valence-corrected chi connectivity index (χ0v) is 14.9. The van der Waals surface area contributed by atoms with E-state index >= 15 is 0 Å². The van der Waals surface area contributed by atoms with Crippen molar-refractivity contribution in [2.45, 2.75) is 64.7 Å². The first-order chi connectivity index (χ1) is 11.2. The van der Waals surface area contributed by atoms with Crippen molar-refractivity contribution in [1.82, 2.24) is 0 Å². The van der Waals surface area contributed by atoms with Crippen molar-refractivity contribution in [2.75, 3.05) is 6.61 Å². The number of ketones is 1. The lowest BCUT2D eigenvalue weighted by Gasteiger charge is -2.53. The van der Waals surface area contributed by atoms with Crippen molar-refractivity contribution in [3.05, 3.63) is 16.7 Å². The number of hydrogen-bond acceptors (Lipinski definition) is 4. The van der Waals surface area contributed by atoms with Crippen molar-refractivity contribution < 1.29 is 19.7 Å². The summed E-state index contributed by atoms with van der Waals surface area (Å²) in [5.74, 6) is 0.614. The normalized spacial score (nSPS) is 33.4. The Balaban J connectivity index is 2.03. The number of carbonyl (C=O) groups is 1. The van der Waals surface area contributed by atoms with Gasteiger partial charge in [0.25, 0.3) is 0 Å². The molecule has 3 aliphatic rings. The van der Waals surface area contributed by atoms with Gasteiger partial charge in [0, 0.05) is 28.9 Å². The predicted molar refractivity (Wildman–Crippen MR) is 91.1 cm³/mol. The molecule has 3 atom stereocenters. The number of hydrogen-bond donors (Lipinski definition) is 2. The lowest BCUT2D eigenvalue weighted by Crippen LogP contribution is -2.49. The second kappa shape index (κ2) is 4.68. The minimum Gasteiger partial charge on any atom is -0.507 e. The molecular formula is C20H26O4. The third kappa shape index (κ3) is 1.77. The summed E-state index contributed by atoms with van der Waals surface area (Å²) in [5, 5.41) is 21.8. The molecule has 2 N–H and O–H groups in total. The van der Waals surface area contributed by atoms with Gasteiger partial charge in [0.1, 0.15) is 5.75 Å². The van der Waals surface area contributed by atoms with Gasteiger partial charge in [0.2, 0.25) is 0 Å². The quantitative estimate of drug-likeness (QED) is 0.697. The molecule has 0 spiro atoms. The monoisotopic (exact) mass is 330 g/mol. The van der Waals surface area contributed by atoms with Gasteiger partial charge < -0.3 is 14.9 Å². The van der Waals surface area contributed by atoms with Gasteiger partial charge >= 0.3 is 0 Å². The van der Waals surface area contributed by atoms with Crippen molar-refractivity contribution >= 4 is 5.78 Å². The minimum atomic E-state index is -0.309. The van der Waals surface area contributed by atoms with Crippen LogP contribution >= 0.6 is 0 Å². The molecular weight excluding hydrogens is 304 g/mol. The number of ether oxygens (including phenoxy) is 1. The topological polar surface area (TPSA) is 66.8 Å². The van der Waals surface area contributed by atoms with Crippen LogP contribution in [0.4, 0.5) is 0 Å². The number of fused-ring (bicyclic) bond motifs is 4. The van der Waals surface area contributed by atoms with E-state index in [-0.39, 0.29) is 39.9 Å². The predicted octanol–water partition coefficient (Wildman–Crippen LogP) is 4.26. The van der Waals surface area contributed by atoms with Crippen molar-refractivity contribution in [3.8, 4) is 17.2 Å². The molecule has 24 heavy (non-hydrogen) atoms. The van der Waals surface area contributed by atoms with E-state index in [2.05, 4.69) is 20.8 Å². The number of carbonyl (C=O) groups excluding carboxylic acids is 1. The van der Waals surface area contributed by atoms with E-state index in [1.807, 2.05) is 6.92 Å². The second-order valence-corrected chi connectivity index (χ2v) is 8.84. The highest BCUT2D eigenvalue weighted by atomic mass is 16.5. The minimum absolute atomic E-state index is 0.0164. The highest BCUT2D eigenvalue weighted by molar-refractivity contribution is 6.04. The number of phenolic OH excluding ortho intramolecular Hbond substituents is 2. The molecule has 4 nitrogen and oxygen atoms in total. The standard InChI is InChI=1S/C20H26O4/c1-10-9-24-18-13(10)16(22)14-11(21)8-12-19(2,3)6-5-7-20(12,4)15(14)17(18)23/h10,12,22-23H,5-9H2,1-4H3/t10-,12-,20+/m1/s1. The molecule has 1 aliphatic heterocycles. The Hall–Kier alpha value is -1.71. The fourth-order valence-corrected chi connectivity index (χ4v) is 5.65. The highest BCUT2D eigenvalue weighted by Crippen LogP contribution is 2.63. The maximum Gasteiger partial charge on any atom is 0.168 e. The number of rotatable bonds is 0. The maximum absolute atomic E-state index is 12.9. The van der Waals surface area contributed by atoms with Gasteiger partial charge in [-0.2, -0.15) is 0 Å². The van der Waals surface area contributed by atoms with Gasteiger partial charge in [0.15, 0.2) is 17.3 Å². The zero-order chi connectivity index (χ0) is 17.4. The van der Waals surface area contributed by atoms with Gasteiger partial charge in [-0.1, -0.05) is 34.1 Å². The van der Waals surface area contributed by atoms with Crippen LogP contribution in [0.3, 0.4) is 0 Å². The molecule has 130 valence electrons. The molecule has 1 aromatic carbocycles. The van der Waals surface area contributed by atoms with Gasteiger partial charge in [-0.3, -0.25) is 4.79 Å². The van der Waals surface area contributed by atoms with Gasteiger partial charge in [0.05, 0.1) is 12.2 Å². The number of Topliss-reactive ketones (excluding diaryl/α,β-unsaturated/α-hetero) is 1. The molecule has 0 amide bonds. The molecule has 4 heteroatoms. The first-order valence-corrected chi connectivity index (χ1v) is 8.96. The fraction of sp³-hybridized carbons (Fsp3) is 0.650. The number of phenols is 2. The van der Waals surface area contributed by atoms with E-state index in [9.17, 15) is 15.0 Å². The van der Waals surface area contributed by atoms with Crippen LogP contribution in [0, 0.1) is 11.3 Å². The summed E-state index contributed by atoms with van der Waals surface area (Å²) >= 11 is 0. The molecule has 1 saturated carbocycles. The summed E-state index contributed by atoms with van der Waals surface area (Å²) in [7, 11) is 0. The van der Waals surface area contributed by atoms with Crippen LogP contribution < -0.4 is 4.74 Å². The average molecular weight is 330 g/mol. The lowest BCUT2D eigenvalue weighted by atomic mass is 9.50. The summed E-state index contributed by atoms with van der Waals surface area (Å²) in [6.45, 7) is 8.96. The Kier molecular flexibility index (Phi) is 3.08. The Morgan fingerprint density at radius 1 is 1.12 bits per heavy atom. The third-order valence-corrected chi connectivity index (χ3v) is 6.88. The summed E-state index contributed by atoms with van der Waals surface area (Å²) in [6.07, 6.45) is 3.50. The lowest BCUT2D eigenvalue weighted by molar-refractivity contribution is 0.0351. The molecule has 0 unspecified atom stereocenters. The SMILES string of the molecule is C[C@@H]1COc2c(O)c3c(c(O)c21)C(=O)C[C@@H]1C(C)(C)CCC[C@]31C. The van der Waals surface area contributed by atoms with Crippen LogP contribution in [0.25, 0.3) is 0 Å². The molecule has 1 fully saturated rings. The summed E-state index contributed by atoms with van der Waals surface area (Å²) in [5.41, 5.74) is 1.30. The van der Waals surface area contributed by atoms with Crippen LogP contribution in [-0.2, 0) is 5.41 Å². The molecule has 1 aromatic rings. The third-order valence-electron chi connectivity index (χ3n) is 6.88. The number of aromatic hydroxyl groups is 2. The Morgan fingerprint density at radius 2 is 1.83 bits per heavy atom. The zero-order valence-electron chi connectivity index (χ0n) is 14.9. The van der Waals surface area contributed by atoms with Gasteiger partial charge in [-0.15, -0.1) is 0 Å². The van der Waals surface area contributed by atoms with Crippen LogP contribution in [0.5, 0.6) is 17.2 Å². The van der Waals surface area contributed by atoms with Crippen LogP contribution in [0.2, 0.25) is 0 Å². The van der Waals surface area contributed by atoms with E-state index < -0.39 is 0 Å². The molecule has 0 radical (unpaired) electrons. The van der Waals surface area contributed by atoms with Gasteiger partial charge in [-0.25, -0.2) is 0 Å². The van der Waals surface area contributed by atoms with Crippen LogP contribution in [0.15, 0.2) is 0 Å². The Bertz CT molecular complexity index is 749. The molecule has 1 heterocycles. The van der Waals surface area contributed by atoms with Gasteiger partial charge in [-0.05, 0) is 24.2 Å². The van der Waals surface area contributed by atoms with Crippen molar-refractivity contribution in [2.24, 2.45) is 11.3 Å². The Labute approximate surface area is 142 Å². The maximum atomic E-state index is 12.9. The molecule has 0 aromatic heterocycles.